The van der Waals surface area contributed by atoms with Crippen LogP contribution in [0.25, 0.3) is 0 Å². The molecule has 3 fully saturated rings. The van der Waals surface area contributed by atoms with Crippen molar-refractivity contribution in [3.05, 3.63) is 71.1 Å². The quantitative estimate of drug-likeness (QED) is 0.186. The molecule has 0 amide bonds. The summed E-state index contributed by atoms with van der Waals surface area (Å²) in [4.78, 5) is 25.0. The average molecular weight is 686 g/mol. The molecule has 4 N–H and O–H groups in total. The number of Topliss-reactive ketones (excluding diaryl/α,β-unsaturated/α-hetero) is 1. The Morgan fingerprint density at radius 3 is 2.42 bits per heavy atom. The van der Waals surface area contributed by atoms with Gasteiger partial charge < -0.3 is 25.4 Å². The minimum absolute atomic E-state index is 0.223. The number of piperidine rings is 1. The molecule has 0 spiro atoms. The number of aryl methyl sites for hydroxylation is 1. The van der Waals surface area contributed by atoms with Crippen molar-refractivity contribution in [2.75, 3.05) is 19.7 Å². The lowest BCUT2D eigenvalue weighted by Gasteiger charge is -2.52. The summed E-state index contributed by atoms with van der Waals surface area (Å²) in [5.74, 6) is 2.99. The van der Waals surface area contributed by atoms with E-state index in [0.717, 1.165) is 50.0 Å². The van der Waals surface area contributed by atoms with Crippen LogP contribution in [0, 0.1) is 17.3 Å². The lowest BCUT2D eigenvalue weighted by atomic mass is 9.51. The van der Waals surface area contributed by atoms with E-state index in [9.17, 15) is 14.8 Å². The molecule has 270 valence electrons. The lowest BCUT2D eigenvalue weighted by Crippen LogP contribution is -2.62. The Labute approximate surface area is 296 Å². The first kappa shape index (κ1) is 35.0. The highest BCUT2D eigenvalue weighted by atomic mass is 16.5. The molecule has 2 aromatic rings. The number of rotatable bonds is 9. The van der Waals surface area contributed by atoms with Crippen molar-refractivity contribution in [1.82, 2.24) is 26.3 Å². The van der Waals surface area contributed by atoms with Gasteiger partial charge >= 0.3 is 5.97 Å². The number of fused-ring (bicyclic) bond motifs is 5. The van der Waals surface area contributed by atoms with Crippen LogP contribution in [0.3, 0.4) is 0 Å². The lowest BCUT2D eigenvalue weighted by molar-refractivity contribution is -0.246. The van der Waals surface area contributed by atoms with Crippen LogP contribution >= 0.6 is 0 Å². The van der Waals surface area contributed by atoms with Crippen LogP contribution in [0.2, 0.25) is 0 Å². The monoisotopic (exact) mass is 685 g/mol. The normalized spacial score (nSPS) is 30.2. The van der Waals surface area contributed by atoms with Gasteiger partial charge in [-0.1, -0.05) is 25.1 Å². The summed E-state index contributed by atoms with van der Waals surface area (Å²) < 4.78 is 11.6. The zero-order chi connectivity index (χ0) is 35.4. The molecule has 10 heteroatoms. The molecule has 5 atom stereocenters. The van der Waals surface area contributed by atoms with E-state index in [1.54, 1.807) is 0 Å². The van der Waals surface area contributed by atoms with Crippen molar-refractivity contribution in [3.63, 3.8) is 0 Å². The number of esters is 1. The number of carbonyl (C=O) groups excluding carboxylic acids is 2. The second-order valence-corrected chi connectivity index (χ2v) is 16.9. The fraction of sp³-hybridized carbons (Fsp3) is 0.600. The summed E-state index contributed by atoms with van der Waals surface area (Å²) in [5, 5.41) is 17.8. The Hall–Kier alpha value is -3.44. The first-order valence-electron chi connectivity index (χ1n) is 18.5. The summed E-state index contributed by atoms with van der Waals surface area (Å²) >= 11 is 0. The minimum Gasteiger partial charge on any atom is -0.492 e. The molecule has 7 rings (SSSR count). The highest BCUT2D eigenvalue weighted by Gasteiger charge is 2.58. The number of hydrogen-bond acceptors (Lipinski definition) is 10. The Balaban J connectivity index is 0.979. The number of ketones is 1. The standard InChI is InChI=1S/C40H55N5O5/c1-25(46)50-31-12-14-32-27(19-31)9-13-33-35-15-16-36(47)40(35,6)22-34(37(32)33)26-7-10-30(11-8-26)49-18-17-44-24-29(42-43-44)23-41-28-20-38(2,3)45(48)39(4,5)21-28/h7-8,10-12,14,19,24,28,33-35,37,41-43,48H,9,13,15-18,20-23H2,1-6H3/t33?,34-,35?,37?,40+/m1/s1. The molecule has 3 aliphatic carbocycles. The molecule has 0 radical (unpaired) electrons. The minimum atomic E-state index is -0.302. The van der Waals surface area contributed by atoms with Crippen molar-refractivity contribution in [1.29, 1.82) is 0 Å². The predicted molar refractivity (Wildman–Crippen MR) is 191 cm³/mol. The zero-order valence-corrected chi connectivity index (χ0v) is 30.6. The number of hydroxylamine groups is 2. The van der Waals surface area contributed by atoms with E-state index in [1.807, 2.05) is 11.1 Å². The van der Waals surface area contributed by atoms with Gasteiger partial charge in [0.25, 0.3) is 0 Å². The molecule has 50 heavy (non-hydrogen) atoms. The van der Waals surface area contributed by atoms with E-state index < -0.39 is 0 Å². The maximum Gasteiger partial charge on any atom is 0.308 e. The van der Waals surface area contributed by atoms with Crippen molar-refractivity contribution >= 4 is 11.8 Å². The van der Waals surface area contributed by atoms with Gasteiger partial charge in [-0.2, -0.15) is 5.06 Å². The second kappa shape index (κ2) is 13.3. The summed E-state index contributed by atoms with van der Waals surface area (Å²) in [6, 6.07) is 15.0. The van der Waals surface area contributed by atoms with Crippen molar-refractivity contribution < 1.29 is 24.3 Å². The van der Waals surface area contributed by atoms with E-state index in [2.05, 4.69) is 93.5 Å². The Bertz CT molecular complexity index is 1620. The highest BCUT2D eigenvalue weighted by Crippen LogP contribution is 2.64. The topological polar surface area (TPSA) is 115 Å². The van der Waals surface area contributed by atoms with E-state index in [1.165, 1.54) is 28.7 Å². The van der Waals surface area contributed by atoms with Gasteiger partial charge in [0.05, 0.1) is 12.2 Å². The number of ether oxygens (including phenoxy) is 2. The number of hydrazine groups is 2. The summed E-state index contributed by atoms with van der Waals surface area (Å²) in [6.45, 7) is 13.9. The molecular formula is C40H55N5O5. The molecule has 2 saturated carbocycles. The van der Waals surface area contributed by atoms with Crippen molar-refractivity contribution in [2.24, 2.45) is 17.3 Å². The SMILES string of the molecule is CC(=O)Oc1ccc2c(c1)CCC1C2[C@@H](c2ccc(OCCN3C=C(CNC4CC(C)(C)N(O)C(C)(C)C4)NN3)cc2)C[C@]2(C)C(=O)CCC12. The third-order valence-corrected chi connectivity index (χ3v) is 12.5. The maximum absolute atomic E-state index is 13.3. The zero-order valence-electron chi connectivity index (χ0n) is 30.6. The highest BCUT2D eigenvalue weighted by molar-refractivity contribution is 5.87. The van der Waals surface area contributed by atoms with Gasteiger partial charge in [0.1, 0.15) is 23.9 Å². The van der Waals surface area contributed by atoms with Crippen LogP contribution in [0.15, 0.2) is 54.4 Å². The summed E-state index contributed by atoms with van der Waals surface area (Å²) in [5.41, 5.74) is 10.6. The van der Waals surface area contributed by atoms with E-state index >= 15 is 0 Å². The molecular weight excluding hydrogens is 630 g/mol. The smallest absolute Gasteiger partial charge is 0.308 e. The van der Waals surface area contributed by atoms with Crippen LogP contribution in [0.5, 0.6) is 11.5 Å². The van der Waals surface area contributed by atoms with E-state index in [4.69, 9.17) is 9.47 Å². The largest absolute Gasteiger partial charge is 0.492 e. The van der Waals surface area contributed by atoms with E-state index in [-0.39, 0.29) is 28.4 Å². The number of nitrogens with zero attached hydrogens (tertiary/aromatic N) is 2. The average Bonchev–Trinajstić information content (AvgIpc) is 3.64. The Kier molecular flexibility index (Phi) is 9.29. The fourth-order valence-electron chi connectivity index (χ4n) is 10.4. The van der Waals surface area contributed by atoms with Gasteiger partial charge in [0.2, 0.25) is 0 Å². The summed E-state index contributed by atoms with van der Waals surface area (Å²) in [6.07, 6.45) is 8.36. The third-order valence-electron chi connectivity index (χ3n) is 12.5. The molecule has 10 nitrogen and oxygen atoms in total. The maximum atomic E-state index is 13.3. The molecule has 2 aliphatic heterocycles. The number of carbonyl (C=O) groups is 2. The molecule has 2 aromatic carbocycles. The number of benzene rings is 2. The van der Waals surface area contributed by atoms with Crippen LogP contribution < -0.4 is 25.8 Å². The number of nitrogens with one attached hydrogen (secondary N) is 3. The van der Waals surface area contributed by atoms with Crippen LogP contribution in [-0.4, -0.2) is 63.8 Å². The predicted octanol–water partition coefficient (Wildman–Crippen LogP) is 5.98. The van der Waals surface area contributed by atoms with Gasteiger partial charge in [-0.25, -0.2) is 0 Å². The first-order valence-corrected chi connectivity index (χ1v) is 18.5. The molecule has 3 unspecified atom stereocenters. The van der Waals surface area contributed by atoms with Crippen LogP contribution in [-0.2, 0) is 16.0 Å². The number of hydrogen-bond donors (Lipinski definition) is 4. The molecule has 1 saturated heterocycles. The molecule has 2 heterocycles. The molecule has 0 bridgehead atoms. The Morgan fingerprint density at radius 1 is 0.980 bits per heavy atom. The Morgan fingerprint density at radius 2 is 1.70 bits per heavy atom. The van der Waals surface area contributed by atoms with Gasteiger partial charge in [-0.05, 0) is 131 Å². The van der Waals surface area contributed by atoms with Gasteiger partial charge in [0, 0.05) is 48.6 Å². The van der Waals surface area contributed by atoms with Gasteiger partial charge in [-0.3, -0.25) is 14.6 Å². The fourth-order valence-corrected chi connectivity index (χ4v) is 10.4. The van der Waals surface area contributed by atoms with Gasteiger partial charge in [0.15, 0.2) is 0 Å². The first-order chi connectivity index (χ1) is 23.7. The van der Waals surface area contributed by atoms with Crippen molar-refractivity contribution in [3.8, 4) is 11.5 Å². The van der Waals surface area contributed by atoms with E-state index in [0.29, 0.717) is 61.4 Å². The summed E-state index contributed by atoms with van der Waals surface area (Å²) in [7, 11) is 0. The third kappa shape index (κ3) is 6.67. The van der Waals surface area contributed by atoms with Crippen LogP contribution in [0.1, 0.15) is 109 Å². The van der Waals surface area contributed by atoms with Gasteiger partial charge in [-0.15, -0.1) is 5.53 Å². The second-order valence-electron chi connectivity index (χ2n) is 16.9. The van der Waals surface area contributed by atoms with Crippen molar-refractivity contribution in [2.45, 2.75) is 115 Å². The molecule has 0 aromatic heterocycles. The van der Waals surface area contributed by atoms with Crippen LogP contribution in [0.4, 0.5) is 0 Å². The molecule has 5 aliphatic rings.